The van der Waals surface area contributed by atoms with Gasteiger partial charge in [0.25, 0.3) is 0 Å². The molecule has 6 heteroatoms. The maximum Gasteiger partial charge on any atom is 0.351 e. The van der Waals surface area contributed by atoms with E-state index in [9.17, 15) is 8.96 Å². The monoisotopic (exact) mass is 399 g/mol. The molecule has 0 spiro atoms. The first-order valence-electron chi connectivity index (χ1n) is 8.90. The van der Waals surface area contributed by atoms with E-state index in [1.807, 2.05) is 60.7 Å². The van der Waals surface area contributed by atoms with Gasteiger partial charge < -0.3 is 9.05 Å². The van der Waals surface area contributed by atoms with Crippen LogP contribution in [0.25, 0.3) is 0 Å². The first-order valence-corrected chi connectivity index (χ1v) is 10.5. The maximum absolute atomic E-state index is 14.6. The molecule has 1 atom stereocenters. The highest BCUT2D eigenvalue weighted by atomic mass is 31.2. The molecule has 0 amide bonds. The van der Waals surface area contributed by atoms with Crippen molar-refractivity contribution >= 4 is 7.60 Å². The molecule has 3 rings (SSSR count). The second kappa shape index (κ2) is 9.26. The van der Waals surface area contributed by atoms with Gasteiger partial charge in [0, 0.05) is 19.8 Å². The minimum absolute atomic E-state index is 0.228. The van der Waals surface area contributed by atoms with Gasteiger partial charge in [0.15, 0.2) is 0 Å². The van der Waals surface area contributed by atoms with Gasteiger partial charge >= 0.3 is 7.60 Å². The molecule has 28 heavy (non-hydrogen) atoms. The van der Waals surface area contributed by atoms with E-state index in [0.29, 0.717) is 0 Å². The van der Waals surface area contributed by atoms with Crippen molar-refractivity contribution in [2.24, 2.45) is 0 Å². The van der Waals surface area contributed by atoms with Gasteiger partial charge in [-0.3, -0.25) is 9.88 Å². The van der Waals surface area contributed by atoms with Crippen LogP contribution in [0.15, 0.2) is 84.9 Å². The van der Waals surface area contributed by atoms with Gasteiger partial charge in [-0.1, -0.05) is 78.9 Å². The van der Waals surface area contributed by atoms with Crippen LogP contribution in [0.5, 0.6) is 0 Å². The lowest BCUT2D eigenvalue weighted by Gasteiger charge is -2.30. The third kappa shape index (κ3) is 4.40. The molecule has 0 radical (unpaired) electrons. The van der Waals surface area contributed by atoms with E-state index < -0.39 is 19.2 Å². The van der Waals surface area contributed by atoms with E-state index in [1.54, 1.807) is 18.2 Å². The summed E-state index contributed by atoms with van der Waals surface area (Å²) < 4.78 is 38.4. The molecule has 3 aromatic carbocycles. The Morgan fingerprint density at radius 3 is 1.71 bits per heavy atom. The van der Waals surface area contributed by atoms with Crippen LogP contribution in [0.1, 0.15) is 28.5 Å². The molecule has 1 N–H and O–H groups in total. The quantitative estimate of drug-likeness (QED) is 0.495. The molecular formula is C22H23FNO3P. The van der Waals surface area contributed by atoms with E-state index in [2.05, 4.69) is 5.32 Å². The molecule has 0 saturated carbocycles. The van der Waals surface area contributed by atoms with Crippen LogP contribution in [-0.4, -0.2) is 14.2 Å². The van der Waals surface area contributed by atoms with Crippen molar-refractivity contribution in [3.63, 3.8) is 0 Å². The molecule has 0 aliphatic rings. The van der Waals surface area contributed by atoms with Crippen molar-refractivity contribution in [1.29, 1.82) is 0 Å². The van der Waals surface area contributed by atoms with E-state index >= 15 is 0 Å². The topological polar surface area (TPSA) is 47.6 Å². The average molecular weight is 399 g/mol. The lowest BCUT2D eigenvalue weighted by atomic mass is 9.98. The largest absolute Gasteiger partial charge is 0.351 e. The van der Waals surface area contributed by atoms with Gasteiger partial charge in [0.05, 0.1) is 6.04 Å². The number of nitrogens with one attached hydrogen (secondary N) is 1. The van der Waals surface area contributed by atoms with Gasteiger partial charge in [0.2, 0.25) is 0 Å². The zero-order valence-corrected chi connectivity index (χ0v) is 16.7. The summed E-state index contributed by atoms with van der Waals surface area (Å²) in [4.78, 5) is 0. The molecule has 0 fully saturated rings. The van der Waals surface area contributed by atoms with Crippen LogP contribution >= 0.6 is 7.60 Å². The van der Waals surface area contributed by atoms with Gasteiger partial charge in [-0.25, -0.2) is 4.39 Å². The van der Waals surface area contributed by atoms with Crippen LogP contribution in [0.4, 0.5) is 4.39 Å². The summed E-state index contributed by atoms with van der Waals surface area (Å²) in [6, 6.07) is 25.3. The molecule has 1 unspecified atom stereocenters. The Hall–Kier alpha value is -2.30. The first kappa shape index (κ1) is 20.4. The van der Waals surface area contributed by atoms with Crippen molar-refractivity contribution in [2.45, 2.75) is 11.8 Å². The smallest absolute Gasteiger partial charge is 0.311 e. The van der Waals surface area contributed by atoms with Crippen LogP contribution < -0.4 is 5.32 Å². The van der Waals surface area contributed by atoms with Gasteiger partial charge in [0.1, 0.15) is 11.6 Å². The highest BCUT2D eigenvalue weighted by Crippen LogP contribution is 2.59. The highest BCUT2D eigenvalue weighted by Gasteiger charge is 2.39. The number of halogens is 1. The Kier molecular flexibility index (Phi) is 6.76. The van der Waals surface area contributed by atoms with Crippen LogP contribution in [-0.2, 0) is 13.6 Å². The van der Waals surface area contributed by atoms with Crippen molar-refractivity contribution in [3.8, 4) is 0 Å². The molecule has 146 valence electrons. The second-order valence-corrected chi connectivity index (χ2v) is 8.58. The summed E-state index contributed by atoms with van der Waals surface area (Å²) in [5.74, 6) is -1.47. The van der Waals surface area contributed by atoms with E-state index in [0.717, 1.165) is 11.1 Å². The Labute approximate surface area is 164 Å². The van der Waals surface area contributed by atoms with Crippen LogP contribution in [0, 0.1) is 5.82 Å². The number of hydrogen-bond donors (Lipinski definition) is 1. The van der Waals surface area contributed by atoms with Gasteiger partial charge in [-0.05, 0) is 17.2 Å². The molecule has 0 saturated heterocycles. The minimum Gasteiger partial charge on any atom is -0.311 e. The zero-order valence-electron chi connectivity index (χ0n) is 15.8. The molecule has 0 heterocycles. The summed E-state index contributed by atoms with van der Waals surface area (Å²) in [6.45, 7) is 0. The third-order valence-electron chi connectivity index (χ3n) is 4.62. The summed E-state index contributed by atoms with van der Waals surface area (Å²) >= 11 is 0. The first-order chi connectivity index (χ1) is 13.6. The van der Waals surface area contributed by atoms with Crippen molar-refractivity contribution in [2.75, 3.05) is 14.2 Å². The lowest BCUT2D eigenvalue weighted by Crippen LogP contribution is -2.29. The van der Waals surface area contributed by atoms with Gasteiger partial charge in [-0.2, -0.15) is 0 Å². The molecule has 0 bridgehead atoms. The van der Waals surface area contributed by atoms with Crippen LogP contribution in [0.2, 0.25) is 0 Å². The zero-order chi connectivity index (χ0) is 20.0. The SMILES string of the molecule is COP(=O)(OC)C(NC(c1ccccc1)c1ccccc1)c1ccccc1F. The molecular weight excluding hydrogens is 376 g/mol. The minimum atomic E-state index is -3.69. The maximum atomic E-state index is 14.6. The Morgan fingerprint density at radius 1 is 0.786 bits per heavy atom. The van der Waals surface area contributed by atoms with Crippen molar-refractivity contribution < 1.29 is 18.0 Å². The fourth-order valence-electron chi connectivity index (χ4n) is 3.17. The van der Waals surface area contributed by atoms with Gasteiger partial charge in [-0.15, -0.1) is 0 Å². The molecule has 0 aliphatic carbocycles. The fraction of sp³-hybridized carbons (Fsp3) is 0.182. The predicted molar refractivity (Wildman–Crippen MR) is 109 cm³/mol. The average Bonchev–Trinajstić information content (AvgIpc) is 2.76. The fourth-order valence-corrected chi connectivity index (χ4v) is 4.62. The summed E-state index contributed by atoms with van der Waals surface area (Å²) in [7, 11) is -1.08. The number of benzene rings is 3. The molecule has 0 aromatic heterocycles. The summed E-state index contributed by atoms with van der Waals surface area (Å²) in [5.41, 5.74) is 2.13. The van der Waals surface area contributed by atoms with E-state index in [-0.39, 0.29) is 11.6 Å². The van der Waals surface area contributed by atoms with E-state index in [4.69, 9.17) is 9.05 Å². The van der Waals surface area contributed by atoms with Crippen molar-refractivity contribution in [3.05, 3.63) is 107 Å². The Balaban J connectivity index is 2.11. The van der Waals surface area contributed by atoms with E-state index in [1.165, 1.54) is 20.3 Å². The molecule has 4 nitrogen and oxygen atoms in total. The lowest BCUT2D eigenvalue weighted by molar-refractivity contribution is 0.256. The molecule has 0 aliphatic heterocycles. The number of rotatable bonds is 8. The summed E-state index contributed by atoms with van der Waals surface area (Å²) in [5, 5.41) is 3.33. The Morgan fingerprint density at radius 2 is 1.25 bits per heavy atom. The third-order valence-corrected chi connectivity index (χ3v) is 6.69. The standard InChI is InChI=1S/C22H23FNO3P/c1-26-28(25,27-2)22(19-15-9-10-16-20(19)23)24-21(17-11-5-3-6-12-17)18-13-7-4-8-14-18/h3-16,21-22,24H,1-2H3. The number of hydrogen-bond acceptors (Lipinski definition) is 4. The summed E-state index contributed by atoms with van der Waals surface area (Å²) in [6.07, 6.45) is 0. The Bertz CT molecular complexity index is 889. The normalized spacial score (nSPS) is 12.9. The highest BCUT2D eigenvalue weighted by molar-refractivity contribution is 7.54. The molecule has 3 aromatic rings. The van der Waals surface area contributed by atoms with Crippen molar-refractivity contribution in [1.82, 2.24) is 5.32 Å². The second-order valence-electron chi connectivity index (χ2n) is 6.25. The predicted octanol–water partition coefficient (Wildman–Crippen LogP) is 5.69. The van der Waals surface area contributed by atoms with Crippen LogP contribution in [0.3, 0.4) is 0 Å².